The fourth-order valence-electron chi connectivity index (χ4n) is 3.24. The third-order valence-corrected chi connectivity index (χ3v) is 6.07. The highest BCUT2D eigenvalue weighted by Gasteiger charge is 2.30. The Bertz CT molecular complexity index is 880. The van der Waals surface area contributed by atoms with E-state index in [-0.39, 0.29) is 17.6 Å². The van der Waals surface area contributed by atoms with Gasteiger partial charge in [-0.05, 0) is 42.7 Å². The van der Waals surface area contributed by atoms with E-state index < -0.39 is 16.1 Å². The molecule has 0 saturated carbocycles. The van der Waals surface area contributed by atoms with E-state index in [2.05, 4.69) is 10.3 Å². The molecule has 1 aliphatic rings. The zero-order chi connectivity index (χ0) is 19.4. The molecule has 1 amide bonds. The fourth-order valence-corrected chi connectivity index (χ4v) is 4.11. The number of carbonyl (C=O) groups excluding carboxylic acids is 1. The van der Waals surface area contributed by atoms with Gasteiger partial charge in [-0.1, -0.05) is 18.2 Å². The number of hydrogen-bond acceptors (Lipinski definition) is 4. The molecule has 1 fully saturated rings. The van der Waals surface area contributed by atoms with E-state index in [0.717, 1.165) is 5.56 Å². The third-order valence-electron chi connectivity index (χ3n) is 4.77. The van der Waals surface area contributed by atoms with Gasteiger partial charge in [0, 0.05) is 25.2 Å². The Hall–Kier alpha value is -2.32. The Labute approximate surface area is 158 Å². The first-order valence-corrected chi connectivity index (χ1v) is 10.6. The van der Waals surface area contributed by atoms with Crippen LogP contribution in [0.4, 0.5) is 4.39 Å². The maximum absolute atomic E-state index is 13.3. The van der Waals surface area contributed by atoms with Crippen molar-refractivity contribution in [2.24, 2.45) is 5.92 Å². The largest absolute Gasteiger partial charge is 0.343 e. The molecule has 2 aromatic rings. The molecule has 0 radical (unpaired) electrons. The van der Waals surface area contributed by atoms with Crippen molar-refractivity contribution in [1.82, 2.24) is 14.6 Å². The van der Waals surface area contributed by atoms with Gasteiger partial charge in [-0.2, -0.15) is 0 Å². The Morgan fingerprint density at radius 1 is 1.19 bits per heavy atom. The van der Waals surface area contributed by atoms with Crippen LogP contribution in [-0.4, -0.2) is 43.0 Å². The lowest BCUT2D eigenvalue weighted by atomic mass is 9.95. The molecular formula is C19H22FN3O3S. The number of sulfonamides is 1. The molecule has 1 aromatic heterocycles. The maximum Gasteiger partial charge on any atom is 0.224 e. The van der Waals surface area contributed by atoms with Crippen LogP contribution in [0.3, 0.4) is 0 Å². The van der Waals surface area contributed by atoms with E-state index in [1.165, 1.54) is 22.7 Å². The zero-order valence-electron chi connectivity index (χ0n) is 15.0. The summed E-state index contributed by atoms with van der Waals surface area (Å²) in [6.07, 6.45) is 3.76. The van der Waals surface area contributed by atoms with E-state index in [1.54, 1.807) is 30.5 Å². The van der Waals surface area contributed by atoms with Gasteiger partial charge in [-0.3, -0.25) is 9.78 Å². The van der Waals surface area contributed by atoms with Gasteiger partial charge in [-0.25, -0.2) is 17.1 Å². The number of halogens is 1. The normalized spacial score (nSPS) is 17.4. The van der Waals surface area contributed by atoms with Crippen LogP contribution in [0.5, 0.6) is 0 Å². The second kappa shape index (κ2) is 8.14. The van der Waals surface area contributed by atoms with E-state index >= 15 is 0 Å². The molecule has 1 atom stereocenters. The van der Waals surface area contributed by atoms with Crippen molar-refractivity contribution in [3.8, 4) is 0 Å². The number of nitrogens with one attached hydrogen (secondary N) is 1. The standard InChI is InChI=1S/C19H22FN3O3S/c1-27(25,26)23-12-9-15(10-13-23)19(24)22-18(17-4-2-3-11-21-17)14-5-7-16(20)8-6-14/h2-8,11,15,18H,9-10,12-13H2,1H3,(H,22,24). The molecule has 2 heterocycles. The summed E-state index contributed by atoms with van der Waals surface area (Å²) in [6.45, 7) is 0.670. The van der Waals surface area contributed by atoms with E-state index in [4.69, 9.17) is 0 Å². The molecule has 6 nitrogen and oxygen atoms in total. The highest BCUT2D eigenvalue weighted by Crippen LogP contribution is 2.24. The summed E-state index contributed by atoms with van der Waals surface area (Å²) >= 11 is 0. The Balaban J connectivity index is 1.75. The van der Waals surface area contributed by atoms with Crippen molar-refractivity contribution in [1.29, 1.82) is 0 Å². The molecule has 1 aliphatic heterocycles. The number of rotatable bonds is 5. The number of benzene rings is 1. The van der Waals surface area contributed by atoms with Crippen molar-refractivity contribution in [2.75, 3.05) is 19.3 Å². The monoisotopic (exact) mass is 391 g/mol. The van der Waals surface area contributed by atoms with Gasteiger partial charge in [-0.15, -0.1) is 0 Å². The summed E-state index contributed by atoms with van der Waals surface area (Å²) in [5.74, 6) is -0.768. The minimum atomic E-state index is -3.23. The first kappa shape index (κ1) is 19.4. The quantitative estimate of drug-likeness (QED) is 0.847. The van der Waals surface area contributed by atoms with E-state index in [0.29, 0.717) is 31.6 Å². The number of hydrogen-bond donors (Lipinski definition) is 1. The number of piperidine rings is 1. The van der Waals surface area contributed by atoms with Crippen LogP contribution in [-0.2, 0) is 14.8 Å². The highest BCUT2D eigenvalue weighted by molar-refractivity contribution is 7.88. The van der Waals surface area contributed by atoms with Crippen LogP contribution in [0.1, 0.15) is 30.1 Å². The summed E-state index contributed by atoms with van der Waals surface area (Å²) in [7, 11) is -3.23. The van der Waals surface area contributed by atoms with Gasteiger partial charge < -0.3 is 5.32 Å². The summed E-state index contributed by atoms with van der Waals surface area (Å²) in [4.78, 5) is 17.1. The predicted molar refractivity (Wildman–Crippen MR) is 99.8 cm³/mol. The van der Waals surface area contributed by atoms with Gasteiger partial charge in [0.05, 0.1) is 18.0 Å². The minimum absolute atomic E-state index is 0.150. The molecule has 144 valence electrons. The summed E-state index contributed by atoms with van der Waals surface area (Å²) in [6, 6.07) is 10.9. The molecule has 27 heavy (non-hydrogen) atoms. The Morgan fingerprint density at radius 3 is 2.41 bits per heavy atom. The third kappa shape index (κ3) is 4.90. The SMILES string of the molecule is CS(=O)(=O)N1CCC(C(=O)NC(c2ccc(F)cc2)c2ccccn2)CC1. The molecule has 1 N–H and O–H groups in total. The van der Waals surface area contributed by atoms with Crippen LogP contribution in [0.2, 0.25) is 0 Å². The van der Waals surface area contributed by atoms with Crippen LogP contribution in [0.25, 0.3) is 0 Å². The van der Waals surface area contributed by atoms with Crippen LogP contribution in [0, 0.1) is 11.7 Å². The number of carbonyl (C=O) groups is 1. The fraction of sp³-hybridized carbons (Fsp3) is 0.368. The molecule has 8 heteroatoms. The first-order valence-electron chi connectivity index (χ1n) is 8.76. The molecular weight excluding hydrogens is 369 g/mol. The Kier molecular flexibility index (Phi) is 5.86. The average molecular weight is 391 g/mol. The number of pyridine rings is 1. The number of nitrogens with zero attached hydrogens (tertiary/aromatic N) is 2. The minimum Gasteiger partial charge on any atom is -0.343 e. The lowest BCUT2D eigenvalue weighted by molar-refractivity contribution is -0.126. The van der Waals surface area contributed by atoms with Gasteiger partial charge in [0.1, 0.15) is 5.82 Å². The van der Waals surface area contributed by atoms with Gasteiger partial charge in [0.2, 0.25) is 15.9 Å². The van der Waals surface area contributed by atoms with Gasteiger partial charge in [0.15, 0.2) is 0 Å². The van der Waals surface area contributed by atoms with Crippen molar-refractivity contribution in [3.63, 3.8) is 0 Å². The van der Waals surface area contributed by atoms with Crippen molar-refractivity contribution >= 4 is 15.9 Å². The van der Waals surface area contributed by atoms with Crippen LogP contribution >= 0.6 is 0 Å². The van der Waals surface area contributed by atoms with E-state index in [1.807, 2.05) is 6.07 Å². The molecule has 0 bridgehead atoms. The van der Waals surface area contributed by atoms with Crippen LogP contribution in [0.15, 0.2) is 48.7 Å². The van der Waals surface area contributed by atoms with Gasteiger partial charge in [0.25, 0.3) is 0 Å². The zero-order valence-corrected chi connectivity index (χ0v) is 15.8. The summed E-state index contributed by atoms with van der Waals surface area (Å²) < 4.78 is 37.9. The molecule has 1 saturated heterocycles. The van der Waals surface area contributed by atoms with Crippen LogP contribution < -0.4 is 5.32 Å². The second-order valence-electron chi connectivity index (χ2n) is 6.68. The summed E-state index contributed by atoms with van der Waals surface area (Å²) in [5.41, 5.74) is 1.39. The first-order chi connectivity index (χ1) is 12.8. The Morgan fingerprint density at radius 2 is 1.85 bits per heavy atom. The lowest BCUT2D eigenvalue weighted by Crippen LogP contribution is -2.43. The number of aromatic nitrogens is 1. The van der Waals surface area contributed by atoms with Crippen molar-refractivity contribution in [2.45, 2.75) is 18.9 Å². The van der Waals surface area contributed by atoms with Crippen molar-refractivity contribution in [3.05, 3.63) is 65.7 Å². The summed E-state index contributed by atoms with van der Waals surface area (Å²) in [5, 5.41) is 3.00. The topological polar surface area (TPSA) is 79.4 Å². The lowest BCUT2D eigenvalue weighted by Gasteiger charge is -2.30. The van der Waals surface area contributed by atoms with E-state index in [9.17, 15) is 17.6 Å². The molecule has 0 spiro atoms. The van der Waals surface area contributed by atoms with Gasteiger partial charge >= 0.3 is 0 Å². The molecule has 1 aromatic carbocycles. The predicted octanol–water partition coefficient (Wildman–Crippen LogP) is 2.10. The smallest absolute Gasteiger partial charge is 0.224 e. The average Bonchev–Trinajstić information content (AvgIpc) is 2.67. The highest BCUT2D eigenvalue weighted by atomic mass is 32.2. The second-order valence-corrected chi connectivity index (χ2v) is 8.67. The molecule has 3 rings (SSSR count). The number of amides is 1. The molecule has 0 aliphatic carbocycles. The van der Waals surface area contributed by atoms with Crippen molar-refractivity contribution < 1.29 is 17.6 Å². The molecule has 1 unspecified atom stereocenters. The maximum atomic E-state index is 13.3.